The van der Waals surface area contributed by atoms with E-state index in [0.717, 1.165) is 0 Å². The zero-order chi connectivity index (χ0) is 15.4. The molecule has 0 aliphatic heterocycles. The number of carbonyl (C=O) groups excluding carboxylic acids is 1. The van der Waals surface area contributed by atoms with Crippen molar-refractivity contribution < 1.29 is 4.79 Å². The monoisotopic (exact) mass is 316 g/mol. The number of hydrogen-bond acceptors (Lipinski definition) is 4. The maximum atomic E-state index is 12.1. The van der Waals surface area contributed by atoms with Crippen molar-refractivity contribution in [1.82, 2.24) is 4.98 Å². The Morgan fingerprint density at radius 1 is 1.33 bits per heavy atom. The van der Waals surface area contributed by atoms with Crippen molar-refractivity contribution in [1.29, 1.82) is 5.26 Å². The minimum atomic E-state index is 0.0107. The molecule has 2 aromatic rings. The molecule has 0 saturated carbocycles. The van der Waals surface area contributed by atoms with Gasteiger partial charge in [-0.25, -0.2) is 4.98 Å². The summed E-state index contributed by atoms with van der Waals surface area (Å²) in [5.41, 5.74) is 2.48. The summed E-state index contributed by atoms with van der Waals surface area (Å²) in [7, 11) is 0. The van der Waals surface area contributed by atoms with Crippen LogP contribution in [0.15, 0.2) is 35.4 Å². The van der Waals surface area contributed by atoms with Gasteiger partial charge in [-0.05, 0) is 19.4 Å². The van der Waals surface area contributed by atoms with Crippen LogP contribution in [0.25, 0.3) is 0 Å². The highest BCUT2D eigenvalue weighted by Gasteiger charge is 2.15. The second-order valence-corrected chi connectivity index (χ2v) is 5.85. The molecule has 0 spiro atoms. The fourth-order valence-electron chi connectivity index (χ4n) is 1.88. The second kappa shape index (κ2) is 6.75. The van der Waals surface area contributed by atoms with Crippen LogP contribution in [-0.2, 0) is 0 Å². The van der Waals surface area contributed by atoms with Crippen molar-refractivity contribution in [2.24, 2.45) is 0 Å². The molecule has 2 rings (SSSR count). The number of nitriles is 1. The number of rotatable bonds is 4. The van der Waals surface area contributed by atoms with E-state index in [9.17, 15) is 10.1 Å². The molecule has 1 heterocycles. The lowest BCUT2D eigenvalue weighted by Gasteiger charge is -2.09. The highest BCUT2D eigenvalue weighted by atomic mass is 35.5. The maximum Gasteiger partial charge on any atom is 0.173 e. The molecule has 5 heteroatoms. The average molecular weight is 317 g/mol. The summed E-state index contributed by atoms with van der Waals surface area (Å²) in [5.74, 6) is 0.253. The number of Topliss-reactive ketones (excluding diaryl/α,β-unsaturated/α-hetero) is 1. The van der Waals surface area contributed by atoms with Crippen LogP contribution in [-0.4, -0.2) is 16.5 Å². The third-order valence-electron chi connectivity index (χ3n) is 3.05. The van der Waals surface area contributed by atoms with Crippen LogP contribution in [0.2, 0.25) is 5.02 Å². The Labute approximate surface area is 133 Å². The standard InChI is InChI=1S/C16H13ClN2OS/c1-10-13(8-18)16(19-11(2)15(10)17)21-9-14(20)12-6-4-3-5-7-12/h3-7H,9H2,1-2H3. The third-order valence-corrected chi connectivity index (χ3v) is 4.58. The van der Waals surface area contributed by atoms with E-state index in [1.54, 1.807) is 26.0 Å². The molecule has 21 heavy (non-hydrogen) atoms. The molecule has 106 valence electrons. The van der Waals surface area contributed by atoms with Gasteiger partial charge in [-0.3, -0.25) is 4.79 Å². The third kappa shape index (κ3) is 3.44. The Kier molecular flexibility index (Phi) is 5.00. The Morgan fingerprint density at radius 3 is 2.62 bits per heavy atom. The van der Waals surface area contributed by atoms with Crippen molar-refractivity contribution in [3.63, 3.8) is 0 Å². The molecule has 1 aromatic heterocycles. The van der Waals surface area contributed by atoms with Crippen LogP contribution in [0.1, 0.15) is 27.2 Å². The van der Waals surface area contributed by atoms with E-state index in [2.05, 4.69) is 11.1 Å². The lowest BCUT2D eigenvalue weighted by atomic mass is 10.1. The normalized spacial score (nSPS) is 10.2. The zero-order valence-electron chi connectivity index (χ0n) is 11.7. The van der Waals surface area contributed by atoms with E-state index in [1.807, 2.05) is 18.2 Å². The summed E-state index contributed by atoms with van der Waals surface area (Å²) in [4.78, 5) is 16.4. The Morgan fingerprint density at radius 2 is 2.00 bits per heavy atom. The number of halogens is 1. The van der Waals surface area contributed by atoms with Crippen LogP contribution in [0.5, 0.6) is 0 Å². The minimum Gasteiger partial charge on any atom is -0.293 e. The van der Waals surface area contributed by atoms with Gasteiger partial charge in [0.2, 0.25) is 0 Å². The van der Waals surface area contributed by atoms with Gasteiger partial charge in [0.05, 0.1) is 22.0 Å². The predicted octanol–water partition coefficient (Wildman–Crippen LogP) is 4.20. The Bertz CT molecular complexity index is 723. The Balaban J connectivity index is 2.22. The van der Waals surface area contributed by atoms with Crippen molar-refractivity contribution in [2.75, 3.05) is 5.75 Å². The summed E-state index contributed by atoms with van der Waals surface area (Å²) in [6.07, 6.45) is 0. The number of carbonyl (C=O) groups is 1. The first-order valence-electron chi connectivity index (χ1n) is 6.32. The van der Waals surface area contributed by atoms with Gasteiger partial charge < -0.3 is 0 Å². The Hall–Kier alpha value is -1.83. The number of pyridine rings is 1. The number of aryl methyl sites for hydroxylation is 1. The summed E-state index contributed by atoms with van der Waals surface area (Å²) >= 11 is 7.37. The number of benzene rings is 1. The first-order valence-corrected chi connectivity index (χ1v) is 7.68. The first-order chi connectivity index (χ1) is 10.0. The van der Waals surface area contributed by atoms with E-state index < -0.39 is 0 Å². The molecule has 0 amide bonds. The highest BCUT2D eigenvalue weighted by molar-refractivity contribution is 8.00. The molecule has 3 nitrogen and oxygen atoms in total. The molecule has 0 N–H and O–H groups in total. The summed E-state index contributed by atoms with van der Waals surface area (Å²) in [6, 6.07) is 11.2. The molecule has 0 saturated heterocycles. The van der Waals surface area contributed by atoms with Crippen LogP contribution < -0.4 is 0 Å². The number of ketones is 1. The lowest BCUT2D eigenvalue weighted by Crippen LogP contribution is -2.04. The van der Waals surface area contributed by atoms with Crippen LogP contribution in [0.3, 0.4) is 0 Å². The smallest absolute Gasteiger partial charge is 0.173 e. The number of thioether (sulfide) groups is 1. The van der Waals surface area contributed by atoms with E-state index >= 15 is 0 Å². The average Bonchev–Trinajstić information content (AvgIpc) is 2.51. The number of aromatic nitrogens is 1. The van der Waals surface area contributed by atoms with Crippen LogP contribution >= 0.6 is 23.4 Å². The van der Waals surface area contributed by atoms with Crippen molar-refractivity contribution >= 4 is 29.1 Å². The molecule has 0 aliphatic carbocycles. The summed E-state index contributed by atoms with van der Waals surface area (Å²) in [5, 5.41) is 10.3. The molecule has 1 aromatic carbocycles. The van der Waals surface area contributed by atoms with Gasteiger partial charge in [0, 0.05) is 5.56 Å². The fraction of sp³-hybridized carbons (Fsp3) is 0.188. The molecular weight excluding hydrogens is 304 g/mol. The van der Waals surface area contributed by atoms with Gasteiger partial charge in [0.15, 0.2) is 5.78 Å². The second-order valence-electron chi connectivity index (χ2n) is 4.51. The quantitative estimate of drug-likeness (QED) is 0.626. The van der Waals surface area contributed by atoms with Gasteiger partial charge >= 0.3 is 0 Å². The van der Waals surface area contributed by atoms with Gasteiger partial charge in [0.1, 0.15) is 11.1 Å². The topological polar surface area (TPSA) is 53.8 Å². The highest BCUT2D eigenvalue weighted by Crippen LogP contribution is 2.29. The predicted molar refractivity (Wildman–Crippen MR) is 84.9 cm³/mol. The van der Waals surface area contributed by atoms with Crippen molar-refractivity contribution in [3.8, 4) is 6.07 Å². The van der Waals surface area contributed by atoms with Crippen molar-refractivity contribution in [3.05, 3.63) is 57.7 Å². The van der Waals surface area contributed by atoms with Gasteiger partial charge in [-0.15, -0.1) is 0 Å². The molecule has 0 aliphatic rings. The zero-order valence-corrected chi connectivity index (χ0v) is 13.3. The number of nitrogens with zero attached hydrogens (tertiary/aromatic N) is 2. The molecule has 0 fully saturated rings. The van der Waals surface area contributed by atoms with E-state index in [1.165, 1.54) is 11.8 Å². The molecule has 0 bridgehead atoms. The minimum absolute atomic E-state index is 0.0107. The van der Waals surface area contributed by atoms with Crippen molar-refractivity contribution in [2.45, 2.75) is 18.9 Å². The van der Waals surface area contributed by atoms with Gasteiger partial charge in [0.25, 0.3) is 0 Å². The number of hydrogen-bond donors (Lipinski definition) is 0. The summed E-state index contributed by atoms with van der Waals surface area (Å²) < 4.78 is 0. The molecular formula is C16H13ClN2OS. The molecule has 0 atom stereocenters. The van der Waals surface area contributed by atoms with Gasteiger partial charge in [-0.2, -0.15) is 5.26 Å². The first kappa shape index (κ1) is 15.6. The van der Waals surface area contributed by atoms with E-state index in [4.69, 9.17) is 11.6 Å². The SMILES string of the molecule is Cc1nc(SCC(=O)c2ccccc2)c(C#N)c(C)c1Cl. The molecule has 0 unspecified atom stereocenters. The largest absolute Gasteiger partial charge is 0.293 e. The van der Waals surface area contributed by atoms with E-state index in [-0.39, 0.29) is 11.5 Å². The van der Waals surface area contributed by atoms with E-state index in [0.29, 0.717) is 32.4 Å². The van der Waals surface area contributed by atoms with Gasteiger partial charge in [-0.1, -0.05) is 53.7 Å². The van der Waals surface area contributed by atoms with Crippen LogP contribution in [0, 0.1) is 25.2 Å². The summed E-state index contributed by atoms with van der Waals surface area (Å²) in [6.45, 7) is 3.58. The maximum absolute atomic E-state index is 12.1. The lowest BCUT2D eigenvalue weighted by molar-refractivity contribution is 0.102. The van der Waals surface area contributed by atoms with Crippen LogP contribution in [0.4, 0.5) is 0 Å². The molecule has 0 radical (unpaired) electrons. The fourth-order valence-corrected chi connectivity index (χ4v) is 2.99.